The minimum atomic E-state index is -1.63. The Balaban J connectivity index is 2.20. The fraction of sp³-hybridized carbons (Fsp3) is 0.0476. The van der Waals surface area contributed by atoms with Gasteiger partial charge in [0.2, 0.25) is 0 Å². The van der Waals surface area contributed by atoms with Crippen LogP contribution in [0.15, 0.2) is 78.9 Å². The maximum absolute atomic E-state index is 11.3. The van der Waals surface area contributed by atoms with Gasteiger partial charge in [-0.3, -0.25) is 10.1 Å². The Morgan fingerprint density at radius 3 is 1.92 bits per heavy atom. The summed E-state index contributed by atoms with van der Waals surface area (Å²) in [7, 11) is 0. The molecular formula is C21H14ClNO3. The normalized spacial score (nSPS) is 10.7. The highest BCUT2D eigenvalue weighted by Gasteiger charge is 2.29. The summed E-state index contributed by atoms with van der Waals surface area (Å²) < 4.78 is 0. The number of aliphatic hydroxyl groups is 1. The van der Waals surface area contributed by atoms with Gasteiger partial charge in [-0.2, -0.15) is 0 Å². The van der Waals surface area contributed by atoms with E-state index in [1.54, 1.807) is 48.5 Å². The van der Waals surface area contributed by atoms with E-state index in [4.69, 9.17) is 11.6 Å². The first kappa shape index (κ1) is 17.7. The van der Waals surface area contributed by atoms with Crippen molar-refractivity contribution in [2.45, 2.75) is 5.60 Å². The molecule has 0 spiro atoms. The maximum Gasteiger partial charge on any atom is 0.286 e. The SMILES string of the molecule is O=[N+]([O-])c1cccc(Cl)c1C#CC(O)(c1ccccc1)c1ccccc1. The number of nitro benzene ring substituents is 1. The van der Waals surface area contributed by atoms with Crippen LogP contribution in [0.4, 0.5) is 5.69 Å². The van der Waals surface area contributed by atoms with E-state index in [0.717, 1.165) is 0 Å². The minimum absolute atomic E-state index is 0.0736. The minimum Gasteiger partial charge on any atom is -0.369 e. The number of halogens is 1. The van der Waals surface area contributed by atoms with Crippen molar-refractivity contribution in [3.63, 3.8) is 0 Å². The number of hydrogen-bond acceptors (Lipinski definition) is 3. The molecule has 0 fully saturated rings. The first-order valence-electron chi connectivity index (χ1n) is 7.82. The predicted octanol–water partition coefficient (Wildman–Crippen LogP) is 4.54. The van der Waals surface area contributed by atoms with Gasteiger partial charge >= 0.3 is 0 Å². The Kier molecular flexibility index (Phi) is 5.04. The quantitative estimate of drug-likeness (QED) is 0.422. The zero-order chi connectivity index (χ0) is 18.6. The molecule has 0 saturated carbocycles. The highest BCUT2D eigenvalue weighted by molar-refractivity contribution is 6.32. The van der Waals surface area contributed by atoms with E-state index in [9.17, 15) is 15.2 Å². The summed E-state index contributed by atoms with van der Waals surface area (Å²) >= 11 is 6.11. The van der Waals surface area contributed by atoms with Crippen molar-refractivity contribution in [1.29, 1.82) is 0 Å². The average Bonchev–Trinajstić information content (AvgIpc) is 2.68. The molecule has 0 aliphatic heterocycles. The molecule has 4 nitrogen and oxygen atoms in total. The molecule has 0 aliphatic carbocycles. The van der Waals surface area contributed by atoms with Crippen LogP contribution in [0.3, 0.4) is 0 Å². The van der Waals surface area contributed by atoms with Gasteiger partial charge in [0.25, 0.3) is 5.69 Å². The zero-order valence-corrected chi connectivity index (χ0v) is 14.4. The molecule has 0 bridgehead atoms. The zero-order valence-electron chi connectivity index (χ0n) is 13.6. The van der Waals surface area contributed by atoms with Crippen LogP contribution in [0.5, 0.6) is 0 Å². The second kappa shape index (κ2) is 7.40. The fourth-order valence-electron chi connectivity index (χ4n) is 2.61. The molecule has 0 radical (unpaired) electrons. The third-order valence-electron chi connectivity index (χ3n) is 3.94. The van der Waals surface area contributed by atoms with Crippen molar-refractivity contribution >= 4 is 17.3 Å². The third kappa shape index (κ3) is 3.45. The summed E-state index contributed by atoms with van der Waals surface area (Å²) in [5.74, 6) is 5.52. The lowest BCUT2D eigenvalue weighted by Crippen LogP contribution is -2.25. The van der Waals surface area contributed by atoms with Crippen LogP contribution in [-0.2, 0) is 5.60 Å². The number of rotatable bonds is 3. The molecule has 26 heavy (non-hydrogen) atoms. The summed E-state index contributed by atoms with van der Waals surface area (Å²) in [6, 6.07) is 22.2. The van der Waals surface area contributed by atoms with Gasteiger partial charge in [0.15, 0.2) is 5.60 Å². The summed E-state index contributed by atoms with van der Waals surface area (Å²) in [6.45, 7) is 0. The molecule has 0 aliphatic rings. The fourth-order valence-corrected chi connectivity index (χ4v) is 2.83. The molecule has 0 heterocycles. The molecule has 0 aromatic heterocycles. The molecule has 5 heteroatoms. The largest absolute Gasteiger partial charge is 0.369 e. The Morgan fingerprint density at radius 2 is 1.42 bits per heavy atom. The van der Waals surface area contributed by atoms with Crippen LogP contribution in [0.2, 0.25) is 5.02 Å². The van der Waals surface area contributed by atoms with Crippen LogP contribution < -0.4 is 0 Å². The van der Waals surface area contributed by atoms with E-state index in [1.165, 1.54) is 18.2 Å². The lowest BCUT2D eigenvalue weighted by atomic mass is 9.86. The van der Waals surface area contributed by atoms with E-state index in [-0.39, 0.29) is 16.3 Å². The monoisotopic (exact) mass is 363 g/mol. The van der Waals surface area contributed by atoms with Crippen LogP contribution in [-0.4, -0.2) is 10.0 Å². The highest BCUT2D eigenvalue weighted by atomic mass is 35.5. The molecule has 3 rings (SSSR count). The first-order valence-corrected chi connectivity index (χ1v) is 8.19. The lowest BCUT2D eigenvalue weighted by Gasteiger charge is -2.23. The summed E-state index contributed by atoms with van der Waals surface area (Å²) in [5, 5.41) is 22.8. The van der Waals surface area contributed by atoms with Gasteiger partial charge in [0, 0.05) is 17.2 Å². The Labute approximate surface area is 155 Å². The molecule has 128 valence electrons. The van der Waals surface area contributed by atoms with Crippen molar-refractivity contribution in [3.8, 4) is 11.8 Å². The van der Waals surface area contributed by atoms with E-state index >= 15 is 0 Å². The number of benzene rings is 3. The van der Waals surface area contributed by atoms with Crippen LogP contribution in [0.1, 0.15) is 16.7 Å². The van der Waals surface area contributed by atoms with Crippen molar-refractivity contribution in [3.05, 3.63) is 111 Å². The van der Waals surface area contributed by atoms with E-state index < -0.39 is 10.5 Å². The number of nitrogens with zero attached hydrogens (tertiary/aromatic N) is 1. The predicted molar refractivity (Wildman–Crippen MR) is 101 cm³/mol. The number of hydrogen-bond donors (Lipinski definition) is 1. The Bertz CT molecular complexity index is 953. The van der Waals surface area contributed by atoms with Crippen LogP contribution in [0, 0.1) is 22.0 Å². The molecule has 0 atom stereocenters. The van der Waals surface area contributed by atoms with Gasteiger partial charge in [-0.1, -0.05) is 90.2 Å². The van der Waals surface area contributed by atoms with Gasteiger partial charge < -0.3 is 5.11 Å². The van der Waals surface area contributed by atoms with Crippen molar-refractivity contribution in [2.24, 2.45) is 0 Å². The van der Waals surface area contributed by atoms with Gasteiger partial charge in [-0.15, -0.1) is 0 Å². The third-order valence-corrected chi connectivity index (χ3v) is 4.25. The lowest BCUT2D eigenvalue weighted by molar-refractivity contribution is -0.385. The Morgan fingerprint density at radius 1 is 0.885 bits per heavy atom. The van der Waals surface area contributed by atoms with E-state index in [0.29, 0.717) is 11.1 Å². The first-order chi connectivity index (χ1) is 12.5. The van der Waals surface area contributed by atoms with Gasteiger partial charge in [-0.05, 0) is 6.07 Å². The van der Waals surface area contributed by atoms with Gasteiger partial charge in [0.1, 0.15) is 5.56 Å². The topological polar surface area (TPSA) is 63.4 Å². The molecule has 0 unspecified atom stereocenters. The second-order valence-electron chi connectivity index (χ2n) is 5.58. The molecular weight excluding hydrogens is 350 g/mol. The molecule has 3 aromatic rings. The highest BCUT2D eigenvalue weighted by Crippen LogP contribution is 2.30. The smallest absolute Gasteiger partial charge is 0.286 e. The molecule has 0 saturated heterocycles. The summed E-state index contributed by atoms with van der Waals surface area (Å²) in [4.78, 5) is 10.7. The standard InChI is InChI=1S/C21H14ClNO3/c22-19-12-7-13-20(23(25)26)18(19)14-15-21(24,16-8-3-1-4-9-16)17-10-5-2-6-11-17/h1-13,24H. The number of nitro groups is 1. The van der Waals surface area contributed by atoms with Crippen molar-refractivity contribution < 1.29 is 10.0 Å². The summed E-state index contributed by atoms with van der Waals surface area (Å²) in [6.07, 6.45) is 0. The molecule has 1 N–H and O–H groups in total. The van der Waals surface area contributed by atoms with Gasteiger partial charge in [-0.25, -0.2) is 0 Å². The molecule has 3 aromatic carbocycles. The van der Waals surface area contributed by atoms with Crippen LogP contribution in [0.25, 0.3) is 0 Å². The maximum atomic E-state index is 11.3. The Hall–Kier alpha value is -3.13. The van der Waals surface area contributed by atoms with Crippen LogP contribution >= 0.6 is 11.6 Å². The van der Waals surface area contributed by atoms with Crippen molar-refractivity contribution in [1.82, 2.24) is 0 Å². The second-order valence-corrected chi connectivity index (χ2v) is 5.99. The van der Waals surface area contributed by atoms with E-state index in [2.05, 4.69) is 11.8 Å². The summed E-state index contributed by atoms with van der Waals surface area (Å²) in [5.41, 5.74) is -0.630. The van der Waals surface area contributed by atoms with E-state index in [1.807, 2.05) is 12.1 Å². The van der Waals surface area contributed by atoms with Crippen molar-refractivity contribution in [2.75, 3.05) is 0 Å². The molecule has 0 amide bonds. The average molecular weight is 364 g/mol. The van der Waals surface area contributed by atoms with Gasteiger partial charge in [0.05, 0.1) is 9.95 Å².